The van der Waals surface area contributed by atoms with Gasteiger partial charge in [-0.2, -0.15) is 0 Å². The van der Waals surface area contributed by atoms with Crippen LogP contribution in [0.4, 0.5) is 17.3 Å². The minimum Gasteiger partial charge on any atom is -0.492 e. The molecule has 0 radical (unpaired) electrons. The Morgan fingerprint density at radius 2 is 1.90 bits per heavy atom. The van der Waals surface area contributed by atoms with E-state index in [0.29, 0.717) is 12.4 Å². The Hall–Kier alpha value is -1.82. The van der Waals surface area contributed by atoms with Crippen molar-refractivity contribution in [3.8, 4) is 5.75 Å². The van der Waals surface area contributed by atoms with Crippen LogP contribution in [0.2, 0.25) is 0 Å². The van der Waals surface area contributed by atoms with E-state index in [1.54, 1.807) is 0 Å². The predicted molar refractivity (Wildman–Crippen MR) is 89.4 cm³/mol. The van der Waals surface area contributed by atoms with Crippen molar-refractivity contribution in [1.82, 2.24) is 9.97 Å². The minimum absolute atomic E-state index is 0.618. The molecule has 0 aliphatic carbocycles. The van der Waals surface area contributed by atoms with Gasteiger partial charge in [-0.15, -0.1) is 0 Å². The van der Waals surface area contributed by atoms with Gasteiger partial charge in [0, 0.05) is 6.54 Å². The van der Waals surface area contributed by atoms with Crippen molar-refractivity contribution in [2.75, 3.05) is 23.8 Å². The highest BCUT2D eigenvalue weighted by Crippen LogP contribution is 2.32. The van der Waals surface area contributed by atoms with Gasteiger partial charge in [-0.3, -0.25) is 0 Å². The monoisotopic (exact) mass is 350 g/mol. The molecule has 0 aliphatic rings. The van der Waals surface area contributed by atoms with E-state index in [2.05, 4.69) is 43.5 Å². The second kappa shape index (κ2) is 7.83. The van der Waals surface area contributed by atoms with Crippen LogP contribution in [0.5, 0.6) is 5.75 Å². The second-order valence-corrected chi connectivity index (χ2v) is 5.16. The molecule has 0 amide bonds. The highest BCUT2D eigenvalue weighted by Gasteiger charge is 2.10. The van der Waals surface area contributed by atoms with Crippen molar-refractivity contribution in [3.63, 3.8) is 0 Å². The summed E-state index contributed by atoms with van der Waals surface area (Å²) in [7, 11) is 0. The van der Waals surface area contributed by atoms with E-state index in [-0.39, 0.29) is 0 Å². The lowest BCUT2D eigenvalue weighted by atomic mass is 10.3. The molecule has 0 fully saturated rings. The maximum Gasteiger partial charge on any atom is 0.150 e. The molecule has 2 N–H and O–H groups in total. The molecule has 5 nitrogen and oxygen atoms in total. The van der Waals surface area contributed by atoms with Crippen LogP contribution < -0.4 is 15.4 Å². The fourth-order valence-electron chi connectivity index (χ4n) is 1.80. The number of halogens is 1. The lowest BCUT2D eigenvalue weighted by Gasteiger charge is -2.14. The Labute approximate surface area is 133 Å². The summed E-state index contributed by atoms with van der Waals surface area (Å²) in [6.07, 6.45) is 2.57. The van der Waals surface area contributed by atoms with E-state index in [9.17, 15) is 0 Å². The first-order chi connectivity index (χ1) is 10.3. The largest absolute Gasteiger partial charge is 0.492 e. The summed E-state index contributed by atoms with van der Waals surface area (Å²) in [4.78, 5) is 8.52. The van der Waals surface area contributed by atoms with Gasteiger partial charge in [0.05, 0.1) is 12.3 Å². The fraction of sp³-hybridized carbons (Fsp3) is 0.333. The van der Waals surface area contributed by atoms with Crippen LogP contribution in [0.25, 0.3) is 0 Å². The van der Waals surface area contributed by atoms with E-state index in [1.807, 2.05) is 31.2 Å². The van der Waals surface area contributed by atoms with Crippen molar-refractivity contribution < 1.29 is 4.74 Å². The zero-order valence-corrected chi connectivity index (χ0v) is 13.8. The molecule has 21 heavy (non-hydrogen) atoms. The summed E-state index contributed by atoms with van der Waals surface area (Å²) >= 11 is 3.54. The molecule has 1 aromatic heterocycles. The van der Waals surface area contributed by atoms with Crippen molar-refractivity contribution in [2.24, 2.45) is 0 Å². The molecule has 0 aliphatic heterocycles. The molecule has 0 bridgehead atoms. The average molecular weight is 351 g/mol. The highest BCUT2D eigenvalue weighted by atomic mass is 79.9. The maximum atomic E-state index is 5.61. The zero-order valence-electron chi connectivity index (χ0n) is 12.2. The first-order valence-electron chi connectivity index (χ1n) is 6.99. The number of hydrogen-bond donors (Lipinski definition) is 2. The Kier molecular flexibility index (Phi) is 5.80. The number of benzene rings is 1. The molecular formula is C15H19BrN4O. The molecule has 0 unspecified atom stereocenters. The maximum absolute atomic E-state index is 5.61. The molecule has 2 rings (SSSR count). The summed E-state index contributed by atoms with van der Waals surface area (Å²) in [5.74, 6) is 2.28. The molecule has 1 heterocycles. The van der Waals surface area contributed by atoms with Gasteiger partial charge < -0.3 is 15.4 Å². The van der Waals surface area contributed by atoms with Gasteiger partial charge in [0.15, 0.2) is 0 Å². The SMILES string of the molecule is CCCNc1ncnc(Nc2ccccc2OCC)c1Br. The number of ether oxygens (including phenoxy) is 1. The standard InChI is InChI=1S/C15H19BrN4O/c1-3-9-17-14-13(16)15(19-10-18-14)20-11-7-5-6-8-12(11)21-4-2/h5-8,10H,3-4,9H2,1-2H3,(H2,17,18,19,20). The van der Waals surface area contributed by atoms with Crippen molar-refractivity contribution in [2.45, 2.75) is 20.3 Å². The summed E-state index contributed by atoms with van der Waals surface area (Å²) in [5.41, 5.74) is 0.875. The molecule has 0 spiro atoms. The smallest absolute Gasteiger partial charge is 0.150 e. The number of aromatic nitrogens is 2. The Bertz CT molecular complexity index is 592. The third-order valence-corrected chi connectivity index (χ3v) is 3.52. The minimum atomic E-state index is 0.618. The van der Waals surface area contributed by atoms with E-state index in [1.165, 1.54) is 6.33 Å². The molecule has 6 heteroatoms. The number of para-hydroxylation sites is 2. The summed E-state index contributed by atoms with van der Waals surface area (Å²) < 4.78 is 6.42. The van der Waals surface area contributed by atoms with Crippen molar-refractivity contribution in [1.29, 1.82) is 0 Å². The van der Waals surface area contributed by atoms with Crippen LogP contribution >= 0.6 is 15.9 Å². The molecule has 0 saturated carbocycles. The molecule has 112 valence electrons. The first-order valence-corrected chi connectivity index (χ1v) is 7.78. The predicted octanol–water partition coefficient (Wildman–Crippen LogP) is 4.20. The second-order valence-electron chi connectivity index (χ2n) is 4.37. The lowest BCUT2D eigenvalue weighted by molar-refractivity contribution is 0.342. The van der Waals surface area contributed by atoms with Crippen LogP contribution in [-0.4, -0.2) is 23.1 Å². The Morgan fingerprint density at radius 1 is 1.14 bits per heavy atom. The quantitative estimate of drug-likeness (QED) is 0.783. The topological polar surface area (TPSA) is 59.1 Å². The molecule has 2 aromatic rings. The summed E-state index contributed by atoms with van der Waals surface area (Å²) in [6, 6.07) is 7.78. The Morgan fingerprint density at radius 3 is 2.67 bits per heavy atom. The summed E-state index contributed by atoms with van der Waals surface area (Å²) in [6.45, 7) is 5.56. The van der Waals surface area contributed by atoms with Gasteiger partial charge in [-0.25, -0.2) is 9.97 Å². The fourth-order valence-corrected chi connectivity index (χ4v) is 2.25. The van der Waals surface area contributed by atoms with Crippen LogP contribution in [0.15, 0.2) is 35.1 Å². The Balaban J connectivity index is 2.23. The normalized spacial score (nSPS) is 10.2. The van der Waals surface area contributed by atoms with Gasteiger partial charge in [0.2, 0.25) is 0 Å². The molecular weight excluding hydrogens is 332 g/mol. The van der Waals surface area contributed by atoms with Crippen molar-refractivity contribution in [3.05, 3.63) is 35.1 Å². The number of anilines is 3. The van der Waals surface area contributed by atoms with Crippen LogP contribution in [0, 0.1) is 0 Å². The average Bonchev–Trinajstić information content (AvgIpc) is 2.50. The third-order valence-electron chi connectivity index (χ3n) is 2.77. The van der Waals surface area contributed by atoms with Gasteiger partial charge in [-0.1, -0.05) is 19.1 Å². The van der Waals surface area contributed by atoms with E-state index >= 15 is 0 Å². The van der Waals surface area contributed by atoms with E-state index in [4.69, 9.17) is 4.74 Å². The van der Waals surface area contributed by atoms with Crippen molar-refractivity contribution >= 4 is 33.3 Å². The van der Waals surface area contributed by atoms with Crippen LogP contribution in [0.3, 0.4) is 0 Å². The van der Waals surface area contributed by atoms with E-state index in [0.717, 1.165) is 34.7 Å². The summed E-state index contributed by atoms with van der Waals surface area (Å²) in [5, 5.41) is 6.54. The molecule has 0 atom stereocenters. The number of nitrogens with one attached hydrogen (secondary N) is 2. The third kappa shape index (κ3) is 4.07. The first kappa shape index (κ1) is 15.6. The van der Waals surface area contributed by atoms with Gasteiger partial charge in [0.25, 0.3) is 0 Å². The number of hydrogen-bond acceptors (Lipinski definition) is 5. The van der Waals surface area contributed by atoms with Crippen LogP contribution in [0.1, 0.15) is 20.3 Å². The molecule has 0 saturated heterocycles. The van der Waals surface area contributed by atoms with Gasteiger partial charge in [0.1, 0.15) is 28.2 Å². The number of nitrogens with zero attached hydrogens (tertiary/aromatic N) is 2. The van der Waals surface area contributed by atoms with Gasteiger partial charge >= 0.3 is 0 Å². The number of rotatable bonds is 7. The molecule has 1 aromatic carbocycles. The zero-order chi connectivity index (χ0) is 15.1. The lowest BCUT2D eigenvalue weighted by Crippen LogP contribution is -2.06. The van der Waals surface area contributed by atoms with E-state index < -0.39 is 0 Å². The highest BCUT2D eigenvalue weighted by molar-refractivity contribution is 9.10. The van der Waals surface area contributed by atoms with Gasteiger partial charge in [-0.05, 0) is 41.4 Å². The van der Waals surface area contributed by atoms with Crippen LogP contribution in [-0.2, 0) is 0 Å².